The summed E-state index contributed by atoms with van der Waals surface area (Å²) >= 11 is 0. The average Bonchev–Trinajstić information content (AvgIpc) is 2.64. The maximum Gasteiger partial charge on any atom is 0.339 e. The van der Waals surface area contributed by atoms with Crippen molar-refractivity contribution in [1.82, 2.24) is 4.98 Å². The zero-order valence-electron chi connectivity index (χ0n) is 15.1. The number of nitrogens with one attached hydrogen (secondary N) is 1. The summed E-state index contributed by atoms with van der Waals surface area (Å²) in [7, 11) is -3.85. The minimum absolute atomic E-state index is 0.0582. The Kier molecular flexibility index (Phi) is 5.33. The van der Waals surface area contributed by atoms with E-state index in [4.69, 9.17) is 4.74 Å². The van der Waals surface area contributed by atoms with E-state index in [1.165, 1.54) is 18.3 Å². The van der Waals surface area contributed by atoms with Gasteiger partial charge in [0.1, 0.15) is 11.4 Å². The Morgan fingerprint density at radius 2 is 1.89 bits per heavy atom. The zero-order chi connectivity index (χ0) is 19.6. The Hall–Kier alpha value is -2.65. The van der Waals surface area contributed by atoms with Crippen molar-refractivity contribution in [3.63, 3.8) is 0 Å². The summed E-state index contributed by atoms with van der Waals surface area (Å²) in [6.07, 6.45) is 1.33. The van der Waals surface area contributed by atoms with Crippen LogP contribution in [-0.4, -0.2) is 50.8 Å². The van der Waals surface area contributed by atoms with Crippen LogP contribution in [0.1, 0.15) is 21.5 Å². The van der Waals surface area contributed by atoms with Crippen molar-refractivity contribution < 1.29 is 23.1 Å². The summed E-state index contributed by atoms with van der Waals surface area (Å²) in [5, 5.41) is 9.53. The molecular weight excluding hydrogens is 370 g/mol. The highest BCUT2D eigenvalue weighted by Crippen LogP contribution is 2.24. The molecule has 0 bridgehead atoms. The van der Waals surface area contributed by atoms with Crippen LogP contribution in [0.4, 0.5) is 11.5 Å². The van der Waals surface area contributed by atoms with E-state index < -0.39 is 16.0 Å². The first-order valence-electron chi connectivity index (χ1n) is 8.44. The highest BCUT2D eigenvalue weighted by atomic mass is 32.2. The Labute approximate surface area is 157 Å². The number of ether oxygens (including phenoxy) is 1. The number of pyridine rings is 1. The summed E-state index contributed by atoms with van der Waals surface area (Å²) in [5.74, 6) is -0.865. The van der Waals surface area contributed by atoms with E-state index in [0.717, 1.165) is 11.1 Å². The van der Waals surface area contributed by atoms with E-state index in [-0.39, 0.29) is 16.1 Å². The fraction of sp³-hybridized carbons (Fsp3) is 0.333. The number of aromatic carboxylic acids is 1. The van der Waals surface area contributed by atoms with Gasteiger partial charge < -0.3 is 14.7 Å². The molecule has 0 amide bonds. The van der Waals surface area contributed by atoms with Gasteiger partial charge in [-0.15, -0.1) is 0 Å². The summed E-state index contributed by atoms with van der Waals surface area (Å²) in [6, 6.07) is 6.11. The molecule has 1 aromatic heterocycles. The number of sulfonamides is 1. The molecule has 9 heteroatoms. The van der Waals surface area contributed by atoms with Crippen molar-refractivity contribution in [3.05, 3.63) is 47.2 Å². The smallest absolute Gasteiger partial charge is 0.339 e. The topological polar surface area (TPSA) is 109 Å². The van der Waals surface area contributed by atoms with Crippen molar-refractivity contribution in [2.24, 2.45) is 0 Å². The van der Waals surface area contributed by atoms with Gasteiger partial charge in [0.2, 0.25) is 0 Å². The van der Waals surface area contributed by atoms with Gasteiger partial charge in [-0.2, -0.15) is 0 Å². The number of rotatable bonds is 5. The molecule has 2 aromatic rings. The highest BCUT2D eigenvalue weighted by Gasteiger charge is 2.22. The van der Waals surface area contributed by atoms with E-state index in [1.54, 1.807) is 12.1 Å². The molecule has 3 rings (SSSR count). The number of carbonyl (C=O) groups is 1. The second kappa shape index (κ2) is 7.53. The minimum Gasteiger partial charge on any atom is -0.478 e. The standard InChI is InChI=1S/C18H21N3O5S/c1-12-3-4-15(9-13(12)2)27(24,25)20-14-10-16(18(22)23)17(19-11-14)21-5-7-26-8-6-21/h3-4,9-11,20H,5-8H2,1-2H3,(H,22,23). The summed E-state index contributed by atoms with van der Waals surface area (Å²) in [5.41, 5.74) is 1.88. The molecule has 1 aliphatic rings. The lowest BCUT2D eigenvalue weighted by Crippen LogP contribution is -2.37. The molecule has 2 heterocycles. The number of carboxylic acids is 1. The van der Waals surface area contributed by atoms with Crippen LogP contribution in [-0.2, 0) is 14.8 Å². The molecular formula is C18H21N3O5S. The van der Waals surface area contributed by atoms with Gasteiger partial charge in [0.15, 0.2) is 0 Å². The third-order valence-corrected chi connectivity index (χ3v) is 5.83. The second-order valence-electron chi connectivity index (χ2n) is 6.35. The number of hydrogen-bond donors (Lipinski definition) is 2. The molecule has 0 unspecified atom stereocenters. The van der Waals surface area contributed by atoms with Gasteiger partial charge >= 0.3 is 5.97 Å². The Morgan fingerprint density at radius 1 is 1.19 bits per heavy atom. The van der Waals surface area contributed by atoms with Gasteiger partial charge in [-0.05, 0) is 43.2 Å². The first kappa shape index (κ1) is 19.1. The molecule has 8 nitrogen and oxygen atoms in total. The number of anilines is 2. The predicted molar refractivity (Wildman–Crippen MR) is 101 cm³/mol. The van der Waals surface area contributed by atoms with Crippen LogP contribution in [0.15, 0.2) is 35.4 Å². The van der Waals surface area contributed by atoms with Crippen molar-refractivity contribution >= 4 is 27.5 Å². The van der Waals surface area contributed by atoms with Gasteiger partial charge in [0, 0.05) is 13.1 Å². The van der Waals surface area contributed by atoms with Crippen molar-refractivity contribution in [3.8, 4) is 0 Å². The zero-order valence-corrected chi connectivity index (χ0v) is 15.9. The van der Waals surface area contributed by atoms with Crippen molar-refractivity contribution in [2.75, 3.05) is 35.9 Å². The van der Waals surface area contributed by atoms with Crippen LogP contribution >= 0.6 is 0 Å². The van der Waals surface area contributed by atoms with Crippen molar-refractivity contribution in [2.45, 2.75) is 18.7 Å². The van der Waals surface area contributed by atoms with E-state index in [2.05, 4.69) is 9.71 Å². The number of morpholine rings is 1. The van der Waals surface area contributed by atoms with Crippen LogP contribution < -0.4 is 9.62 Å². The Morgan fingerprint density at radius 3 is 2.52 bits per heavy atom. The largest absolute Gasteiger partial charge is 0.478 e. The maximum absolute atomic E-state index is 12.6. The predicted octanol–water partition coefficient (Wildman–Crippen LogP) is 2.03. The van der Waals surface area contributed by atoms with Crippen molar-refractivity contribution in [1.29, 1.82) is 0 Å². The quantitative estimate of drug-likeness (QED) is 0.803. The monoisotopic (exact) mass is 391 g/mol. The van der Waals surface area contributed by atoms with E-state index in [9.17, 15) is 18.3 Å². The molecule has 0 radical (unpaired) electrons. The lowest BCUT2D eigenvalue weighted by Gasteiger charge is -2.28. The minimum atomic E-state index is -3.85. The molecule has 1 aliphatic heterocycles. The Bertz CT molecular complexity index is 969. The van der Waals surface area contributed by atoms with Gasteiger partial charge in [-0.25, -0.2) is 18.2 Å². The third-order valence-electron chi connectivity index (χ3n) is 4.45. The molecule has 2 N–H and O–H groups in total. The number of carboxylic acid groups (broad SMARTS) is 1. The molecule has 0 spiro atoms. The summed E-state index contributed by atoms with van der Waals surface area (Å²) in [6.45, 7) is 5.76. The molecule has 0 saturated carbocycles. The molecule has 27 heavy (non-hydrogen) atoms. The fourth-order valence-electron chi connectivity index (χ4n) is 2.79. The molecule has 1 saturated heterocycles. The number of nitrogens with zero attached hydrogens (tertiary/aromatic N) is 2. The SMILES string of the molecule is Cc1ccc(S(=O)(=O)Nc2cnc(N3CCOCC3)c(C(=O)O)c2)cc1C. The van der Waals surface area contributed by atoms with Gasteiger partial charge in [-0.1, -0.05) is 6.07 Å². The summed E-state index contributed by atoms with van der Waals surface area (Å²) < 4.78 is 32.9. The number of aryl methyl sites for hydroxylation is 2. The lowest BCUT2D eigenvalue weighted by atomic mass is 10.1. The maximum atomic E-state index is 12.6. The summed E-state index contributed by atoms with van der Waals surface area (Å²) in [4.78, 5) is 17.8. The normalized spacial score (nSPS) is 14.8. The van der Waals surface area contributed by atoms with E-state index in [0.29, 0.717) is 32.1 Å². The number of benzene rings is 1. The van der Waals surface area contributed by atoms with Crippen LogP contribution in [0, 0.1) is 13.8 Å². The number of hydrogen-bond acceptors (Lipinski definition) is 6. The molecule has 0 atom stereocenters. The van der Waals surface area contributed by atoms with Gasteiger partial charge in [-0.3, -0.25) is 4.72 Å². The van der Waals surface area contributed by atoms with Crippen LogP contribution in [0.3, 0.4) is 0 Å². The van der Waals surface area contributed by atoms with Gasteiger partial charge in [0.25, 0.3) is 10.0 Å². The van der Waals surface area contributed by atoms with E-state index in [1.807, 2.05) is 18.7 Å². The highest BCUT2D eigenvalue weighted by molar-refractivity contribution is 7.92. The van der Waals surface area contributed by atoms with E-state index >= 15 is 0 Å². The third kappa shape index (κ3) is 4.20. The first-order chi connectivity index (χ1) is 12.8. The molecule has 1 fully saturated rings. The lowest BCUT2D eigenvalue weighted by molar-refractivity contribution is 0.0696. The average molecular weight is 391 g/mol. The molecule has 1 aromatic carbocycles. The van der Waals surface area contributed by atoms with Gasteiger partial charge in [0.05, 0.1) is 30.0 Å². The first-order valence-corrected chi connectivity index (χ1v) is 9.92. The van der Waals surface area contributed by atoms with Crippen LogP contribution in [0.25, 0.3) is 0 Å². The number of aromatic nitrogens is 1. The Balaban J connectivity index is 1.91. The van der Waals surface area contributed by atoms with Crippen LogP contribution in [0.5, 0.6) is 0 Å². The van der Waals surface area contributed by atoms with Crippen LogP contribution in [0.2, 0.25) is 0 Å². The fourth-order valence-corrected chi connectivity index (χ4v) is 3.91. The molecule has 0 aliphatic carbocycles. The molecule has 144 valence electrons. The second-order valence-corrected chi connectivity index (χ2v) is 8.03.